The lowest BCUT2D eigenvalue weighted by molar-refractivity contribution is 0.0511. The van der Waals surface area contributed by atoms with Crippen molar-refractivity contribution in [1.82, 2.24) is 9.78 Å². The van der Waals surface area contributed by atoms with Crippen molar-refractivity contribution in [1.29, 1.82) is 0 Å². The first kappa shape index (κ1) is 14.6. The van der Waals surface area contributed by atoms with Gasteiger partial charge in [-0.1, -0.05) is 20.8 Å². The van der Waals surface area contributed by atoms with E-state index in [2.05, 4.69) is 25.9 Å². The molecule has 0 bridgehead atoms. The predicted molar refractivity (Wildman–Crippen MR) is 78.5 cm³/mol. The Labute approximate surface area is 125 Å². The fourth-order valence-electron chi connectivity index (χ4n) is 3.18. The lowest BCUT2D eigenvalue weighted by Gasteiger charge is -2.26. The van der Waals surface area contributed by atoms with E-state index in [1.54, 1.807) is 0 Å². The Balaban J connectivity index is 2.00. The summed E-state index contributed by atoms with van der Waals surface area (Å²) < 4.78 is 13.1. The Bertz CT molecular complexity index is 552. The number of carbonyl (C=O) groups is 1. The van der Waals surface area contributed by atoms with Gasteiger partial charge < -0.3 is 9.47 Å². The van der Waals surface area contributed by atoms with Gasteiger partial charge in [0.05, 0.1) is 18.2 Å². The van der Waals surface area contributed by atoms with Crippen molar-refractivity contribution in [3.05, 3.63) is 17.5 Å². The summed E-state index contributed by atoms with van der Waals surface area (Å²) in [5, 5.41) is 4.57. The molecule has 1 atom stereocenters. The number of ether oxygens (including phenoxy) is 2. The van der Waals surface area contributed by atoms with Crippen LogP contribution in [0.1, 0.15) is 69.2 Å². The molecule has 0 N–H and O–H groups in total. The van der Waals surface area contributed by atoms with E-state index in [9.17, 15) is 4.79 Å². The summed E-state index contributed by atoms with van der Waals surface area (Å²) >= 11 is 0. The second kappa shape index (κ2) is 4.83. The molecule has 21 heavy (non-hydrogen) atoms. The molecule has 5 nitrogen and oxygen atoms in total. The van der Waals surface area contributed by atoms with Crippen LogP contribution in [-0.4, -0.2) is 34.6 Å². The van der Waals surface area contributed by atoms with Gasteiger partial charge in [-0.2, -0.15) is 5.10 Å². The number of hydrogen-bond donors (Lipinski definition) is 0. The van der Waals surface area contributed by atoms with E-state index in [4.69, 9.17) is 9.47 Å². The van der Waals surface area contributed by atoms with E-state index in [0.29, 0.717) is 12.3 Å². The first-order chi connectivity index (χ1) is 9.87. The van der Waals surface area contributed by atoms with Gasteiger partial charge in [-0.3, -0.25) is 4.68 Å². The Morgan fingerprint density at radius 2 is 2.24 bits per heavy atom. The normalized spacial score (nSPS) is 23.5. The maximum Gasteiger partial charge on any atom is 0.358 e. The molecule has 1 saturated carbocycles. The van der Waals surface area contributed by atoms with Crippen molar-refractivity contribution in [2.24, 2.45) is 0 Å². The summed E-state index contributed by atoms with van der Waals surface area (Å²) in [4.78, 5) is 12.0. The van der Waals surface area contributed by atoms with Crippen LogP contribution in [0.5, 0.6) is 0 Å². The van der Waals surface area contributed by atoms with Gasteiger partial charge in [0, 0.05) is 17.7 Å². The van der Waals surface area contributed by atoms with Crippen molar-refractivity contribution >= 4 is 5.97 Å². The van der Waals surface area contributed by atoms with Crippen LogP contribution in [-0.2, 0) is 14.9 Å². The molecule has 0 radical (unpaired) electrons. The lowest BCUT2D eigenvalue weighted by Crippen LogP contribution is -2.28. The van der Waals surface area contributed by atoms with Crippen molar-refractivity contribution in [2.75, 3.05) is 13.2 Å². The molecule has 1 unspecified atom stereocenters. The van der Waals surface area contributed by atoms with Crippen molar-refractivity contribution in [3.63, 3.8) is 0 Å². The highest BCUT2D eigenvalue weighted by Gasteiger charge is 2.56. The Kier molecular flexibility index (Phi) is 3.35. The lowest BCUT2D eigenvalue weighted by atomic mass is 9.91. The highest BCUT2D eigenvalue weighted by Crippen LogP contribution is 2.54. The molecule has 0 amide bonds. The number of carbonyl (C=O) groups excluding carboxylic acids is 1. The number of aromatic nitrogens is 2. The molecular weight excluding hydrogens is 268 g/mol. The first-order valence-corrected chi connectivity index (χ1v) is 7.78. The zero-order valence-corrected chi connectivity index (χ0v) is 13.3. The maximum absolute atomic E-state index is 12.0. The van der Waals surface area contributed by atoms with Crippen molar-refractivity contribution in [3.8, 4) is 0 Å². The molecule has 3 rings (SSSR count). The fraction of sp³-hybridized carbons (Fsp3) is 0.750. The minimum atomic E-state index is -0.342. The van der Waals surface area contributed by atoms with Gasteiger partial charge in [0.25, 0.3) is 0 Å². The summed E-state index contributed by atoms with van der Waals surface area (Å²) in [6, 6.07) is 2.13. The molecule has 1 aromatic heterocycles. The van der Waals surface area contributed by atoms with E-state index in [-0.39, 0.29) is 23.0 Å². The summed E-state index contributed by atoms with van der Waals surface area (Å²) in [6.07, 6.45) is 3.15. The Morgan fingerprint density at radius 3 is 2.81 bits per heavy atom. The molecule has 1 aromatic rings. The summed E-state index contributed by atoms with van der Waals surface area (Å²) in [5.41, 5.74) is 1.38. The van der Waals surface area contributed by atoms with Crippen LogP contribution >= 0.6 is 0 Å². The molecule has 0 aromatic carbocycles. The quantitative estimate of drug-likeness (QED) is 0.804. The third kappa shape index (κ3) is 2.48. The van der Waals surface area contributed by atoms with Crippen LogP contribution in [0.3, 0.4) is 0 Å². The molecule has 2 heterocycles. The smallest absolute Gasteiger partial charge is 0.358 e. The molecule has 1 aliphatic heterocycles. The molecule has 116 valence electrons. The Hall–Kier alpha value is -1.36. The maximum atomic E-state index is 12.0. The molecular formula is C16H24N2O3. The van der Waals surface area contributed by atoms with Gasteiger partial charge in [0.2, 0.25) is 0 Å². The fourth-order valence-corrected chi connectivity index (χ4v) is 3.18. The highest BCUT2D eigenvalue weighted by atomic mass is 16.5. The molecule has 2 fully saturated rings. The van der Waals surface area contributed by atoms with Gasteiger partial charge >= 0.3 is 5.97 Å². The molecule has 1 aliphatic carbocycles. The topological polar surface area (TPSA) is 53.4 Å². The van der Waals surface area contributed by atoms with E-state index < -0.39 is 0 Å². The average Bonchev–Trinajstić information content (AvgIpc) is 2.85. The number of hydrogen-bond acceptors (Lipinski definition) is 4. The SMILES string of the molecule is CCOC(=O)c1cc(C(C)(C)C)n(C2CCOC23CC3)n1. The number of rotatable bonds is 3. The van der Waals surface area contributed by atoms with Gasteiger partial charge in [-0.15, -0.1) is 0 Å². The van der Waals surface area contributed by atoms with E-state index in [1.807, 2.05) is 17.7 Å². The molecule has 2 aliphatic rings. The van der Waals surface area contributed by atoms with Crippen LogP contribution in [0.25, 0.3) is 0 Å². The minimum Gasteiger partial charge on any atom is -0.461 e. The molecule has 5 heteroatoms. The summed E-state index contributed by atoms with van der Waals surface area (Å²) in [7, 11) is 0. The second-order valence-corrected chi connectivity index (χ2v) is 7.05. The van der Waals surface area contributed by atoms with Crippen LogP contribution < -0.4 is 0 Å². The third-order valence-electron chi connectivity index (χ3n) is 4.41. The monoisotopic (exact) mass is 292 g/mol. The number of esters is 1. The van der Waals surface area contributed by atoms with Crippen molar-refractivity contribution < 1.29 is 14.3 Å². The second-order valence-electron chi connectivity index (χ2n) is 7.05. The largest absolute Gasteiger partial charge is 0.461 e. The summed E-state index contributed by atoms with van der Waals surface area (Å²) in [5.74, 6) is -0.342. The van der Waals surface area contributed by atoms with Gasteiger partial charge in [-0.05, 0) is 32.3 Å². The Morgan fingerprint density at radius 1 is 1.52 bits per heavy atom. The van der Waals surface area contributed by atoms with Gasteiger partial charge in [-0.25, -0.2) is 4.79 Å². The predicted octanol–water partition coefficient (Wildman–Crippen LogP) is 2.85. The van der Waals surface area contributed by atoms with E-state index >= 15 is 0 Å². The zero-order chi connectivity index (χ0) is 15.3. The summed E-state index contributed by atoms with van der Waals surface area (Å²) in [6.45, 7) is 9.39. The van der Waals surface area contributed by atoms with Crippen LogP contribution in [0.15, 0.2) is 6.07 Å². The van der Waals surface area contributed by atoms with Crippen LogP contribution in [0, 0.1) is 0 Å². The standard InChI is InChI=1S/C16H24N2O3/c1-5-20-14(19)11-10-13(15(2,3)4)18(17-11)12-6-9-21-16(12)7-8-16/h10,12H,5-9H2,1-4H3. The van der Waals surface area contributed by atoms with E-state index in [0.717, 1.165) is 31.6 Å². The third-order valence-corrected chi connectivity index (χ3v) is 4.41. The first-order valence-electron chi connectivity index (χ1n) is 7.78. The van der Waals surface area contributed by atoms with E-state index in [1.165, 1.54) is 0 Å². The molecule has 1 spiro atoms. The van der Waals surface area contributed by atoms with Crippen LogP contribution in [0.2, 0.25) is 0 Å². The van der Waals surface area contributed by atoms with Gasteiger partial charge in [0.1, 0.15) is 0 Å². The van der Waals surface area contributed by atoms with Crippen molar-refractivity contribution in [2.45, 2.75) is 64.0 Å². The number of nitrogens with zero attached hydrogens (tertiary/aromatic N) is 2. The minimum absolute atomic E-state index is 0.0298. The van der Waals surface area contributed by atoms with Gasteiger partial charge in [0.15, 0.2) is 5.69 Å². The highest BCUT2D eigenvalue weighted by molar-refractivity contribution is 5.87. The zero-order valence-electron chi connectivity index (χ0n) is 13.3. The average molecular weight is 292 g/mol. The van der Waals surface area contributed by atoms with Crippen LogP contribution in [0.4, 0.5) is 0 Å². The molecule has 1 saturated heterocycles.